The lowest BCUT2D eigenvalue weighted by molar-refractivity contribution is -0.141. The second kappa shape index (κ2) is 3.53. The Kier molecular flexibility index (Phi) is 2.92. The van der Waals surface area contributed by atoms with Gasteiger partial charge in [-0.05, 0) is 12.2 Å². The largest absolute Gasteiger partial charge is 0.481 e. The number of thiol groups is 1. The molecule has 0 radical (unpaired) electrons. The summed E-state index contributed by atoms with van der Waals surface area (Å²) in [5.74, 6) is 0.843. The standard InChI is InChI=1S/C6H10O2S2/c7-6(8)4-1-2-10-5(4)3-9/h4-5,9H,1-3H2,(H,7,8)/t4-,5+/m0/s1. The third kappa shape index (κ3) is 1.61. The lowest BCUT2D eigenvalue weighted by Gasteiger charge is -2.10. The molecule has 0 saturated carbocycles. The normalized spacial score (nSPS) is 32.5. The molecule has 0 aliphatic carbocycles. The summed E-state index contributed by atoms with van der Waals surface area (Å²) in [4.78, 5) is 10.5. The maximum Gasteiger partial charge on any atom is 0.307 e. The summed E-state index contributed by atoms with van der Waals surface area (Å²) in [5, 5.41) is 8.90. The van der Waals surface area contributed by atoms with Crippen LogP contribution >= 0.6 is 24.4 Å². The summed E-state index contributed by atoms with van der Waals surface area (Å²) in [6.07, 6.45) is 0.811. The zero-order valence-electron chi connectivity index (χ0n) is 5.49. The van der Waals surface area contributed by atoms with Gasteiger partial charge in [-0.15, -0.1) is 0 Å². The van der Waals surface area contributed by atoms with Crippen LogP contribution in [0.4, 0.5) is 0 Å². The van der Waals surface area contributed by atoms with Gasteiger partial charge >= 0.3 is 5.97 Å². The average Bonchev–Trinajstić information content (AvgIpc) is 2.33. The molecule has 1 N–H and O–H groups in total. The van der Waals surface area contributed by atoms with Crippen molar-refractivity contribution in [2.75, 3.05) is 11.5 Å². The topological polar surface area (TPSA) is 37.3 Å². The molecule has 0 amide bonds. The van der Waals surface area contributed by atoms with Crippen LogP contribution in [0.5, 0.6) is 0 Å². The second-order valence-corrected chi connectivity index (χ2v) is 4.04. The molecule has 10 heavy (non-hydrogen) atoms. The van der Waals surface area contributed by atoms with Crippen LogP contribution in [0.2, 0.25) is 0 Å². The van der Waals surface area contributed by atoms with Gasteiger partial charge in [0.2, 0.25) is 0 Å². The molecule has 1 heterocycles. The Hall–Kier alpha value is 0.170. The first-order chi connectivity index (χ1) is 4.75. The van der Waals surface area contributed by atoms with Crippen molar-refractivity contribution in [2.24, 2.45) is 5.92 Å². The Morgan fingerprint density at radius 3 is 2.90 bits per heavy atom. The minimum atomic E-state index is -0.663. The lowest BCUT2D eigenvalue weighted by Crippen LogP contribution is -2.22. The maximum atomic E-state index is 10.5. The third-order valence-corrected chi connectivity index (χ3v) is 3.74. The van der Waals surface area contributed by atoms with E-state index in [4.69, 9.17) is 5.11 Å². The molecule has 1 fully saturated rings. The molecule has 1 rings (SSSR count). The van der Waals surface area contributed by atoms with Crippen LogP contribution in [-0.4, -0.2) is 27.8 Å². The minimum absolute atomic E-state index is 0.150. The van der Waals surface area contributed by atoms with E-state index < -0.39 is 5.97 Å². The van der Waals surface area contributed by atoms with Crippen molar-refractivity contribution in [1.82, 2.24) is 0 Å². The van der Waals surface area contributed by atoms with Gasteiger partial charge in [0, 0.05) is 11.0 Å². The number of thioether (sulfide) groups is 1. The van der Waals surface area contributed by atoms with Crippen molar-refractivity contribution in [3.63, 3.8) is 0 Å². The lowest BCUT2D eigenvalue weighted by atomic mass is 10.0. The Morgan fingerprint density at radius 2 is 2.50 bits per heavy atom. The Balaban J connectivity index is 2.50. The van der Waals surface area contributed by atoms with Crippen molar-refractivity contribution in [3.05, 3.63) is 0 Å². The Bertz CT molecular complexity index is 138. The van der Waals surface area contributed by atoms with Crippen LogP contribution in [0.3, 0.4) is 0 Å². The van der Waals surface area contributed by atoms with E-state index in [-0.39, 0.29) is 11.2 Å². The summed E-state index contributed by atoms with van der Waals surface area (Å²) >= 11 is 5.81. The number of carbonyl (C=O) groups is 1. The maximum absolute atomic E-state index is 10.5. The molecular formula is C6H10O2S2. The summed E-state index contributed by atoms with van der Waals surface area (Å²) < 4.78 is 0. The molecule has 0 aromatic carbocycles. The van der Waals surface area contributed by atoms with E-state index in [9.17, 15) is 4.79 Å². The van der Waals surface area contributed by atoms with Crippen molar-refractivity contribution < 1.29 is 9.90 Å². The minimum Gasteiger partial charge on any atom is -0.481 e. The van der Waals surface area contributed by atoms with Gasteiger partial charge in [-0.25, -0.2) is 0 Å². The van der Waals surface area contributed by atoms with Gasteiger partial charge < -0.3 is 5.11 Å². The fraction of sp³-hybridized carbons (Fsp3) is 0.833. The van der Waals surface area contributed by atoms with Crippen LogP contribution in [0, 0.1) is 5.92 Å². The number of carboxylic acid groups (broad SMARTS) is 1. The summed E-state index contributed by atoms with van der Waals surface area (Å²) in [7, 11) is 0. The van der Waals surface area contributed by atoms with Gasteiger partial charge in [-0.2, -0.15) is 24.4 Å². The zero-order valence-corrected chi connectivity index (χ0v) is 7.20. The van der Waals surface area contributed by atoms with E-state index >= 15 is 0 Å². The molecule has 2 nitrogen and oxygen atoms in total. The van der Waals surface area contributed by atoms with Crippen molar-refractivity contribution in [3.8, 4) is 0 Å². The molecule has 0 aromatic heterocycles. The van der Waals surface area contributed by atoms with Gasteiger partial charge in [0.25, 0.3) is 0 Å². The quantitative estimate of drug-likeness (QED) is 0.622. The van der Waals surface area contributed by atoms with Crippen LogP contribution in [-0.2, 0) is 4.79 Å². The van der Waals surface area contributed by atoms with Crippen molar-refractivity contribution in [2.45, 2.75) is 11.7 Å². The van der Waals surface area contributed by atoms with Crippen LogP contribution in [0.1, 0.15) is 6.42 Å². The van der Waals surface area contributed by atoms with E-state index in [0.29, 0.717) is 5.75 Å². The van der Waals surface area contributed by atoms with Crippen LogP contribution in [0.25, 0.3) is 0 Å². The highest BCUT2D eigenvalue weighted by atomic mass is 32.2. The Morgan fingerprint density at radius 1 is 1.80 bits per heavy atom. The van der Waals surface area contributed by atoms with Gasteiger partial charge in [-0.3, -0.25) is 4.79 Å². The average molecular weight is 178 g/mol. The second-order valence-electron chi connectivity index (χ2n) is 2.33. The molecule has 58 valence electrons. The number of carboxylic acids is 1. The van der Waals surface area contributed by atoms with Gasteiger partial charge in [0.15, 0.2) is 0 Å². The predicted octanol–water partition coefficient (Wildman–Crippen LogP) is 1.12. The first-order valence-corrected chi connectivity index (χ1v) is 4.89. The summed E-state index contributed by atoms with van der Waals surface area (Å²) in [5.41, 5.74) is 0. The molecule has 0 bridgehead atoms. The molecule has 1 saturated heterocycles. The zero-order chi connectivity index (χ0) is 7.56. The van der Waals surface area contributed by atoms with Gasteiger partial charge in [-0.1, -0.05) is 0 Å². The fourth-order valence-corrected chi connectivity index (χ4v) is 2.96. The van der Waals surface area contributed by atoms with Gasteiger partial charge in [0.1, 0.15) is 0 Å². The van der Waals surface area contributed by atoms with E-state index in [1.165, 1.54) is 0 Å². The fourth-order valence-electron chi connectivity index (χ4n) is 1.11. The highest BCUT2D eigenvalue weighted by Crippen LogP contribution is 2.32. The van der Waals surface area contributed by atoms with Gasteiger partial charge in [0.05, 0.1) is 5.92 Å². The number of rotatable bonds is 2. The number of hydrogen-bond acceptors (Lipinski definition) is 3. The molecule has 2 atom stereocenters. The number of hydrogen-bond donors (Lipinski definition) is 2. The molecule has 0 unspecified atom stereocenters. The van der Waals surface area contributed by atoms with E-state index in [1.807, 2.05) is 0 Å². The SMILES string of the molecule is O=C(O)[C@H]1CCS[C@@H]1CS. The molecule has 1 aliphatic rings. The van der Waals surface area contributed by atoms with E-state index in [2.05, 4.69) is 12.6 Å². The smallest absolute Gasteiger partial charge is 0.307 e. The first kappa shape index (κ1) is 8.27. The highest BCUT2D eigenvalue weighted by molar-refractivity contribution is 8.00. The summed E-state index contributed by atoms with van der Waals surface area (Å²) in [6, 6.07) is 0. The summed E-state index contributed by atoms with van der Waals surface area (Å²) in [6.45, 7) is 0. The first-order valence-electron chi connectivity index (χ1n) is 3.21. The highest BCUT2D eigenvalue weighted by Gasteiger charge is 2.32. The molecule has 4 heteroatoms. The van der Waals surface area contributed by atoms with Crippen LogP contribution in [0.15, 0.2) is 0 Å². The Labute approximate surface area is 69.8 Å². The van der Waals surface area contributed by atoms with E-state index in [1.54, 1.807) is 11.8 Å². The number of aliphatic carboxylic acids is 1. The molecular weight excluding hydrogens is 168 g/mol. The van der Waals surface area contributed by atoms with Crippen molar-refractivity contribution in [1.29, 1.82) is 0 Å². The monoisotopic (exact) mass is 178 g/mol. The van der Waals surface area contributed by atoms with Crippen LogP contribution < -0.4 is 0 Å². The van der Waals surface area contributed by atoms with E-state index in [0.717, 1.165) is 12.2 Å². The molecule has 0 spiro atoms. The third-order valence-electron chi connectivity index (χ3n) is 1.71. The molecule has 1 aliphatic heterocycles. The molecule has 0 aromatic rings. The predicted molar refractivity (Wildman–Crippen MR) is 45.8 cm³/mol. The van der Waals surface area contributed by atoms with Crippen molar-refractivity contribution >= 4 is 30.4 Å².